The summed E-state index contributed by atoms with van der Waals surface area (Å²) in [4.78, 5) is 18.1. The highest BCUT2D eigenvalue weighted by molar-refractivity contribution is 7.89. The van der Waals surface area contributed by atoms with E-state index in [4.69, 9.17) is 4.74 Å². The van der Waals surface area contributed by atoms with Gasteiger partial charge in [0.1, 0.15) is 11.3 Å². The molecule has 1 saturated heterocycles. The Morgan fingerprint density at radius 2 is 1.94 bits per heavy atom. The zero-order valence-electron chi connectivity index (χ0n) is 19.4. The van der Waals surface area contributed by atoms with Gasteiger partial charge >= 0.3 is 0 Å². The van der Waals surface area contributed by atoms with Crippen LogP contribution >= 0.6 is 11.3 Å². The van der Waals surface area contributed by atoms with E-state index in [9.17, 15) is 13.2 Å². The number of sulfonamides is 1. The van der Waals surface area contributed by atoms with Crippen LogP contribution in [0, 0.1) is 12.8 Å². The average Bonchev–Trinajstić information content (AvgIpc) is 3.18. The van der Waals surface area contributed by atoms with Crippen molar-refractivity contribution in [1.29, 1.82) is 0 Å². The number of hydrogen-bond donors (Lipinski definition) is 0. The quantitative estimate of drug-likeness (QED) is 0.540. The molecule has 33 heavy (non-hydrogen) atoms. The molecule has 1 atom stereocenters. The third-order valence-corrected chi connectivity index (χ3v) is 9.17. The Morgan fingerprint density at radius 1 is 1.21 bits per heavy atom. The van der Waals surface area contributed by atoms with Crippen LogP contribution in [0.2, 0.25) is 0 Å². The summed E-state index contributed by atoms with van der Waals surface area (Å²) < 4.78 is 36.0. The number of aryl methyl sites for hydroxylation is 2. The lowest BCUT2D eigenvalue weighted by molar-refractivity contribution is 0.0997. The van der Waals surface area contributed by atoms with Crippen molar-refractivity contribution in [1.82, 2.24) is 8.87 Å². The number of aromatic nitrogens is 1. The van der Waals surface area contributed by atoms with Gasteiger partial charge in [-0.1, -0.05) is 24.3 Å². The highest BCUT2D eigenvalue weighted by Crippen LogP contribution is 2.30. The van der Waals surface area contributed by atoms with Gasteiger partial charge < -0.3 is 9.30 Å². The molecule has 1 aliphatic heterocycles. The van der Waals surface area contributed by atoms with Crippen molar-refractivity contribution in [2.75, 3.05) is 20.2 Å². The summed E-state index contributed by atoms with van der Waals surface area (Å²) in [5.41, 5.74) is 2.37. The minimum atomic E-state index is -3.56. The molecule has 1 aliphatic rings. The number of piperidine rings is 1. The molecule has 1 amide bonds. The summed E-state index contributed by atoms with van der Waals surface area (Å²) in [6.45, 7) is 7.79. The van der Waals surface area contributed by atoms with E-state index in [-0.39, 0.29) is 4.90 Å². The second-order valence-corrected chi connectivity index (χ2v) is 11.4. The van der Waals surface area contributed by atoms with Crippen molar-refractivity contribution >= 4 is 37.5 Å². The molecule has 0 saturated carbocycles. The van der Waals surface area contributed by atoms with Gasteiger partial charge in [-0.3, -0.25) is 4.79 Å². The maximum Gasteiger partial charge on any atom is 0.279 e. The Morgan fingerprint density at radius 3 is 2.58 bits per heavy atom. The number of ether oxygens (including phenoxy) is 1. The second kappa shape index (κ2) is 9.40. The Labute approximate surface area is 198 Å². The standard InChI is InChI=1S/C24H29N3O4S2/c1-5-27-21-20(31-4)13-8-17(3)22(21)32-24(27)25-23(28)18-9-11-19(12-10-18)33(29,30)26-14-6-7-16(2)15-26/h8-13,16H,5-7,14-15H2,1-4H3. The number of thiazole rings is 1. The van der Waals surface area contributed by atoms with Gasteiger partial charge in [0.05, 0.1) is 16.7 Å². The van der Waals surface area contributed by atoms with Crippen LogP contribution in [0.15, 0.2) is 46.3 Å². The third kappa shape index (κ3) is 4.49. The van der Waals surface area contributed by atoms with Crippen LogP contribution in [0.1, 0.15) is 42.6 Å². The van der Waals surface area contributed by atoms with E-state index in [1.54, 1.807) is 23.5 Å². The first-order valence-electron chi connectivity index (χ1n) is 11.1. The topological polar surface area (TPSA) is 81.0 Å². The molecule has 0 radical (unpaired) electrons. The van der Waals surface area contributed by atoms with E-state index in [0.717, 1.165) is 34.4 Å². The lowest BCUT2D eigenvalue weighted by Crippen LogP contribution is -2.39. The van der Waals surface area contributed by atoms with Crippen molar-refractivity contribution in [2.45, 2.75) is 45.1 Å². The van der Waals surface area contributed by atoms with Gasteiger partial charge in [0.2, 0.25) is 10.0 Å². The fourth-order valence-corrected chi connectivity index (χ4v) is 7.03. The maximum absolute atomic E-state index is 13.0. The lowest BCUT2D eigenvalue weighted by Gasteiger charge is -2.30. The summed E-state index contributed by atoms with van der Waals surface area (Å²) >= 11 is 1.45. The van der Waals surface area contributed by atoms with Gasteiger partial charge in [-0.25, -0.2) is 8.42 Å². The minimum Gasteiger partial charge on any atom is -0.495 e. The smallest absolute Gasteiger partial charge is 0.279 e. The molecule has 1 aromatic heterocycles. The number of benzene rings is 2. The molecule has 1 unspecified atom stereocenters. The molecule has 7 nitrogen and oxygen atoms in total. The van der Waals surface area contributed by atoms with Crippen LogP contribution in [0.25, 0.3) is 10.2 Å². The number of hydrogen-bond acceptors (Lipinski definition) is 5. The monoisotopic (exact) mass is 487 g/mol. The summed E-state index contributed by atoms with van der Waals surface area (Å²) in [6.07, 6.45) is 1.91. The Hall–Kier alpha value is -2.49. The molecule has 3 aromatic rings. The van der Waals surface area contributed by atoms with Crippen LogP contribution in [-0.2, 0) is 16.6 Å². The van der Waals surface area contributed by atoms with Crippen LogP contribution in [-0.4, -0.2) is 43.4 Å². The SMILES string of the molecule is CCn1c(=NC(=O)c2ccc(S(=O)(=O)N3CCCC(C)C3)cc2)sc2c(C)ccc(OC)c21. The minimum absolute atomic E-state index is 0.207. The maximum atomic E-state index is 13.0. The fraction of sp³-hybridized carbons (Fsp3) is 0.417. The molecule has 0 aliphatic carbocycles. The molecular weight excluding hydrogens is 458 g/mol. The molecule has 9 heteroatoms. The van der Waals surface area contributed by atoms with E-state index < -0.39 is 15.9 Å². The van der Waals surface area contributed by atoms with Gasteiger partial charge in [-0.15, -0.1) is 0 Å². The van der Waals surface area contributed by atoms with Crippen molar-refractivity contribution in [2.24, 2.45) is 10.9 Å². The first kappa shape index (κ1) is 23.7. The molecule has 1 fully saturated rings. The number of fused-ring (bicyclic) bond motifs is 1. The molecular formula is C24H29N3O4S2. The normalized spacial score (nSPS) is 18.1. The van der Waals surface area contributed by atoms with Crippen LogP contribution in [0.4, 0.5) is 0 Å². The van der Waals surface area contributed by atoms with Gasteiger partial charge in [0.15, 0.2) is 4.80 Å². The predicted octanol–water partition coefficient (Wildman–Crippen LogP) is 4.20. The second-order valence-electron chi connectivity index (χ2n) is 8.44. The molecule has 0 spiro atoms. The lowest BCUT2D eigenvalue weighted by atomic mass is 10.0. The van der Waals surface area contributed by atoms with E-state index in [1.807, 2.05) is 30.5 Å². The van der Waals surface area contributed by atoms with Crippen molar-refractivity contribution in [3.63, 3.8) is 0 Å². The van der Waals surface area contributed by atoms with E-state index >= 15 is 0 Å². The van der Waals surface area contributed by atoms with Gasteiger partial charge in [-0.2, -0.15) is 9.30 Å². The molecule has 0 N–H and O–H groups in total. The van der Waals surface area contributed by atoms with Gasteiger partial charge in [0.25, 0.3) is 5.91 Å². The van der Waals surface area contributed by atoms with Crippen LogP contribution in [0.5, 0.6) is 5.75 Å². The summed E-state index contributed by atoms with van der Waals surface area (Å²) in [7, 11) is -1.93. The molecule has 4 rings (SSSR count). The Kier molecular flexibility index (Phi) is 6.74. The molecule has 0 bridgehead atoms. The Balaban J connectivity index is 1.67. The summed E-state index contributed by atoms with van der Waals surface area (Å²) in [6, 6.07) is 10.0. The predicted molar refractivity (Wildman–Crippen MR) is 130 cm³/mol. The van der Waals surface area contributed by atoms with Crippen molar-refractivity contribution < 1.29 is 17.9 Å². The van der Waals surface area contributed by atoms with Crippen molar-refractivity contribution in [3.05, 3.63) is 52.3 Å². The highest BCUT2D eigenvalue weighted by atomic mass is 32.2. The van der Waals surface area contributed by atoms with Crippen LogP contribution in [0.3, 0.4) is 0 Å². The van der Waals surface area contributed by atoms with E-state index in [0.29, 0.717) is 35.9 Å². The molecule has 2 aromatic carbocycles. The number of carbonyl (C=O) groups excluding carboxylic acids is 1. The summed E-state index contributed by atoms with van der Waals surface area (Å²) in [5.74, 6) is 0.683. The van der Waals surface area contributed by atoms with Crippen molar-refractivity contribution in [3.8, 4) is 5.75 Å². The van der Waals surface area contributed by atoms with Crippen LogP contribution < -0.4 is 9.54 Å². The Bertz CT molecular complexity index is 1350. The summed E-state index contributed by atoms with van der Waals surface area (Å²) in [5, 5.41) is 0. The van der Waals surface area contributed by atoms with E-state index in [1.165, 1.54) is 23.5 Å². The van der Waals surface area contributed by atoms with Gasteiger partial charge in [0, 0.05) is 25.2 Å². The highest BCUT2D eigenvalue weighted by Gasteiger charge is 2.28. The fourth-order valence-electron chi connectivity index (χ4n) is 4.26. The first-order valence-corrected chi connectivity index (χ1v) is 13.4. The van der Waals surface area contributed by atoms with Gasteiger partial charge in [-0.05, 0) is 68.5 Å². The number of nitrogens with zero attached hydrogens (tertiary/aromatic N) is 3. The third-order valence-electron chi connectivity index (χ3n) is 6.08. The number of amides is 1. The number of carbonyl (C=O) groups is 1. The first-order chi connectivity index (χ1) is 15.8. The zero-order chi connectivity index (χ0) is 23.8. The molecule has 2 heterocycles. The number of methoxy groups -OCH3 is 1. The zero-order valence-corrected chi connectivity index (χ0v) is 21.0. The average molecular weight is 488 g/mol. The molecule has 176 valence electrons. The van der Waals surface area contributed by atoms with E-state index in [2.05, 4.69) is 11.9 Å². The largest absolute Gasteiger partial charge is 0.495 e. The number of rotatable bonds is 5.